The minimum absolute atomic E-state index is 0.0342. The number of amides is 2. The van der Waals surface area contributed by atoms with Crippen molar-refractivity contribution in [1.29, 1.82) is 0 Å². The lowest BCUT2D eigenvalue weighted by molar-refractivity contribution is -0.118. The van der Waals surface area contributed by atoms with E-state index in [0.717, 1.165) is 27.1 Å². The monoisotopic (exact) mass is 599 g/mol. The average molecular weight is 600 g/mol. The van der Waals surface area contributed by atoms with Crippen molar-refractivity contribution in [2.24, 2.45) is 5.73 Å². The molecule has 0 saturated heterocycles. The number of nitrogens with zero attached hydrogens (tertiary/aromatic N) is 2. The van der Waals surface area contributed by atoms with Crippen LogP contribution in [0.5, 0.6) is 0 Å². The molecule has 8 nitrogen and oxygen atoms in total. The van der Waals surface area contributed by atoms with E-state index in [2.05, 4.69) is 52.0 Å². The number of carbonyl (C=O) groups is 3. The van der Waals surface area contributed by atoms with Gasteiger partial charge in [-0.1, -0.05) is 84.9 Å². The number of fused-ring (bicyclic) bond motifs is 1. The zero-order valence-corrected chi connectivity index (χ0v) is 24.5. The minimum atomic E-state index is -0.456. The maximum Gasteiger partial charge on any atom is 0.268 e. The molecule has 2 heterocycles. The molecule has 0 radical (unpaired) electrons. The normalized spacial score (nSPS) is 10.9. The number of Topliss-reactive ketones (excluding diaryl/α,β-unsaturated/α-hetero) is 1. The van der Waals surface area contributed by atoms with Crippen LogP contribution in [-0.4, -0.2) is 33.7 Å². The fourth-order valence-electron chi connectivity index (χ4n) is 4.93. The number of anilines is 2. The highest BCUT2D eigenvalue weighted by atomic mass is 32.1. The van der Waals surface area contributed by atoms with Gasteiger partial charge in [0.25, 0.3) is 5.91 Å². The van der Waals surface area contributed by atoms with Gasteiger partial charge in [0.2, 0.25) is 11.9 Å². The van der Waals surface area contributed by atoms with Crippen LogP contribution in [0, 0.1) is 0 Å². The van der Waals surface area contributed by atoms with Gasteiger partial charge in [-0.25, -0.2) is 4.98 Å². The summed E-state index contributed by atoms with van der Waals surface area (Å²) in [5, 5.41) is 6.08. The molecule has 0 bridgehead atoms. The fourth-order valence-corrected chi connectivity index (χ4v) is 5.83. The van der Waals surface area contributed by atoms with Crippen LogP contribution in [0.1, 0.15) is 26.5 Å². The van der Waals surface area contributed by atoms with Crippen LogP contribution in [0.3, 0.4) is 0 Å². The van der Waals surface area contributed by atoms with Crippen LogP contribution in [0.2, 0.25) is 0 Å². The molecular formula is C35H29N5O3S. The highest BCUT2D eigenvalue weighted by molar-refractivity contribution is 7.17. The molecule has 4 aromatic carbocycles. The second-order valence-corrected chi connectivity index (χ2v) is 11.3. The zero-order chi connectivity index (χ0) is 30.5. The highest BCUT2D eigenvalue weighted by Gasteiger charge is 2.18. The smallest absolute Gasteiger partial charge is 0.268 e. The molecule has 4 N–H and O–H groups in total. The zero-order valence-electron chi connectivity index (χ0n) is 23.7. The molecule has 218 valence electrons. The topological polar surface area (TPSA) is 119 Å². The van der Waals surface area contributed by atoms with Crippen molar-refractivity contribution >= 4 is 51.6 Å². The summed E-state index contributed by atoms with van der Waals surface area (Å²) in [5.74, 6) is -0.480. The van der Waals surface area contributed by atoms with Crippen LogP contribution in [0.25, 0.3) is 32.6 Å². The van der Waals surface area contributed by atoms with Crippen molar-refractivity contribution in [3.8, 4) is 21.6 Å². The summed E-state index contributed by atoms with van der Waals surface area (Å²) in [6.07, 6.45) is 0.0854. The van der Waals surface area contributed by atoms with Crippen molar-refractivity contribution < 1.29 is 14.4 Å². The molecule has 0 aliphatic rings. The highest BCUT2D eigenvalue weighted by Crippen LogP contribution is 2.31. The van der Waals surface area contributed by atoms with Crippen molar-refractivity contribution in [3.63, 3.8) is 0 Å². The Bertz CT molecular complexity index is 1950. The van der Waals surface area contributed by atoms with Crippen molar-refractivity contribution in [1.82, 2.24) is 9.55 Å². The van der Waals surface area contributed by atoms with Gasteiger partial charge in [-0.15, -0.1) is 11.3 Å². The second-order valence-electron chi connectivity index (χ2n) is 10.2. The van der Waals surface area contributed by atoms with E-state index in [1.807, 2.05) is 60.7 Å². The first-order valence-electron chi connectivity index (χ1n) is 14.1. The Kier molecular flexibility index (Phi) is 8.29. The average Bonchev–Trinajstić information content (AvgIpc) is 3.68. The Morgan fingerprint density at radius 2 is 1.45 bits per heavy atom. The van der Waals surface area contributed by atoms with E-state index in [4.69, 9.17) is 5.73 Å². The molecule has 0 aliphatic carbocycles. The molecule has 0 aliphatic heterocycles. The predicted octanol–water partition coefficient (Wildman–Crippen LogP) is 6.85. The molecule has 6 rings (SSSR count). The first-order chi connectivity index (χ1) is 21.4. The van der Waals surface area contributed by atoms with Crippen LogP contribution in [-0.2, 0) is 11.3 Å². The van der Waals surface area contributed by atoms with E-state index in [9.17, 15) is 14.4 Å². The SMILES string of the molecule is NC(=O)CCn1c(NC(=O)c2ccc(-c3ccc(-c4ccccc4)cc3)s2)nc2cc(NCC(=O)c3ccccc3)ccc21. The maximum absolute atomic E-state index is 13.3. The lowest BCUT2D eigenvalue weighted by Gasteiger charge is -2.09. The van der Waals surface area contributed by atoms with Gasteiger partial charge in [0.1, 0.15) is 0 Å². The molecule has 0 spiro atoms. The van der Waals surface area contributed by atoms with Gasteiger partial charge in [-0.05, 0) is 47.0 Å². The molecule has 2 amide bonds. The first-order valence-corrected chi connectivity index (χ1v) is 14.9. The van der Waals surface area contributed by atoms with Crippen molar-refractivity contribution in [2.75, 3.05) is 17.2 Å². The summed E-state index contributed by atoms with van der Waals surface area (Å²) in [4.78, 5) is 43.7. The Labute approximate surface area is 258 Å². The minimum Gasteiger partial charge on any atom is -0.378 e. The lowest BCUT2D eigenvalue weighted by Crippen LogP contribution is -2.18. The van der Waals surface area contributed by atoms with E-state index in [0.29, 0.717) is 27.6 Å². The molecule has 2 aromatic heterocycles. The second kappa shape index (κ2) is 12.8. The van der Waals surface area contributed by atoms with E-state index in [-0.39, 0.29) is 31.2 Å². The third kappa shape index (κ3) is 6.43. The quantitative estimate of drug-likeness (QED) is 0.141. The summed E-state index contributed by atoms with van der Waals surface area (Å²) >= 11 is 1.39. The number of ketones is 1. The summed E-state index contributed by atoms with van der Waals surface area (Å²) < 4.78 is 1.77. The van der Waals surface area contributed by atoms with Crippen molar-refractivity contribution in [2.45, 2.75) is 13.0 Å². The Morgan fingerprint density at radius 1 is 0.773 bits per heavy atom. The van der Waals surface area contributed by atoms with E-state index in [1.165, 1.54) is 11.3 Å². The third-order valence-electron chi connectivity index (χ3n) is 7.21. The van der Waals surface area contributed by atoms with Crippen molar-refractivity contribution in [3.05, 3.63) is 126 Å². The Balaban J connectivity index is 1.19. The number of rotatable bonds is 11. The fraction of sp³-hybridized carbons (Fsp3) is 0.0857. The number of primary amides is 1. The molecule has 44 heavy (non-hydrogen) atoms. The van der Waals surface area contributed by atoms with Crippen LogP contribution < -0.4 is 16.4 Å². The van der Waals surface area contributed by atoms with Crippen LogP contribution in [0.4, 0.5) is 11.6 Å². The number of aromatic nitrogens is 2. The maximum atomic E-state index is 13.3. The summed E-state index contributed by atoms with van der Waals surface area (Å²) in [7, 11) is 0. The number of benzene rings is 4. The van der Waals surface area contributed by atoms with Gasteiger partial charge in [0, 0.05) is 29.1 Å². The predicted molar refractivity (Wildman–Crippen MR) is 176 cm³/mol. The van der Waals surface area contributed by atoms with Gasteiger partial charge in [-0.2, -0.15) is 0 Å². The largest absolute Gasteiger partial charge is 0.378 e. The van der Waals surface area contributed by atoms with Gasteiger partial charge in [-0.3, -0.25) is 19.7 Å². The van der Waals surface area contributed by atoms with Crippen LogP contribution in [0.15, 0.2) is 115 Å². The van der Waals surface area contributed by atoms with E-state index in [1.54, 1.807) is 22.8 Å². The lowest BCUT2D eigenvalue weighted by atomic mass is 10.0. The molecule has 6 aromatic rings. The molecule has 0 fully saturated rings. The van der Waals surface area contributed by atoms with E-state index >= 15 is 0 Å². The number of hydrogen-bond donors (Lipinski definition) is 3. The van der Waals surface area contributed by atoms with Gasteiger partial charge < -0.3 is 15.6 Å². The summed E-state index contributed by atoms with van der Waals surface area (Å²) in [6.45, 7) is 0.376. The molecule has 0 saturated carbocycles. The molecular weight excluding hydrogens is 570 g/mol. The number of thiophene rings is 1. The molecule has 0 atom stereocenters. The van der Waals surface area contributed by atoms with Gasteiger partial charge >= 0.3 is 0 Å². The molecule has 0 unspecified atom stereocenters. The number of nitrogens with one attached hydrogen (secondary N) is 2. The third-order valence-corrected chi connectivity index (χ3v) is 8.34. The Morgan fingerprint density at radius 3 is 2.18 bits per heavy atom. The number of aryl methyl sites for hydroxylation is 1. The number of nitrogens with two attached hydrogens (primary N) is 1. The number of imidazole rings is 1. The van der Waals surface area contributed by atoms with Crippen LogP contribution >= 0.6 is 11.3 Å². The standard InChI is InChI=1S/C35H29N5O3S/c36-33(42)19-20-40-29-16-15-27(37-22-30(41)25-9-5-2-6-10-25)21-28(29)38-35(40)39-34(43)32-18-17-31(44-32)26-13-11-24(12-14-26)23-7-3-1-4-8-23/h1-18,21,37H,19-20,22H2,(H2,36,42)(H,38,39,43). The van der Waals surface area contributed by atoms with E-state index < -0.39 is 5.91 Å². The summed E-state index contributed by atoms with van der Waals surface area (Å²) in [5.41, 5.74) is 11.4. The number of carbonyl (C=O) groups excluding carboxylic acids is 3. The van der Waals surface area contributed by atoms with Gasteiger partial charge in [0.05, 0.1) is 22.5 Å². The molecule has 9 heteroatoms. The van der Waals surface area contributed by atoms with Gasteiger partial charge in [0.15, 0.2) is 5.78 Å². The first kappa shape index (κ1) is 28.6. The number of hydrogen-bond acceptors (Lipinski definition) is 6. The summed E-state index contributed by atoms with van der Waals surface area (Å²) in [6, 6.07) is 36.7. The Hall–Kier alpha value is -5.54.